The van der Waals surface area contributed by atoms with Crippen molar-refractivity contribution in [1.82, 2.24) is 19.9 Å². The highest BCUT2D eigenvalue weighted by atomic mass is 16.5. The molecule has 234 valence electrons. The van der Waals surface area contributed by atoms with Crippen molar-refractivity contribution < 1.29 is 13.9 Å². The summed E-state index contributed by atoms with van der Waals surface area (Å²) in [5.74, 6) is 1.69. The summed E-state index contributed by atoms with van der Waals surface area (Å²) in [7, 11) is 0. The number of hydrogen-bond acceptors (Lipinski definition) is 6. The van der Waals surface area contributed by atoms with Gasteiger partial charge in [0.05, 0.1) is 6.20 Å². The van der Waals surface area contributed by atoms with Crippen LogP contribution in [-0.2, 0) is 19.7 Å². The van der Waals surface area contributed by atoms with Crippen LogP contribution in [0.3, 0.4) is 0 Å². The summed E-state index contributed by atoms with van der Waals surface area (Å²) >= 11 is 0. The fourth-order valence-corrected chi connectivity index (χ4v) is 5.58. The molecular weight excluding hydrogens is 562 g/mol. The Bertz CT molecular complexity index is 1690. The first kappa shape index (κ1) is 31.6. The standard InChI is InChI=1S/C37H43N5O3/c1-7-40(8-2)32-16-14-31(15-17-32)34-24-42(39-38-34)23-33-18-19-35(45-33)37(43)41(9-3)22-30-20-27(5)36(28(6)21-30)44-25-29-12-10-26(4)11-13-29/h10-21,24H,7-9,22-23,25H2,1-6H3. The number of nitrogens with zero attached hydrogens (tertiary/aromatic N) is 5. The van der Waals surface area contributed by atoms with E-state index in [4.69, 9.17) is 9.15 Å². The predicted octanol–water partition coefficient (Wildman–Crippen LogP) is 7.60. The molecule has 0 aliphatic rings. The van der Waals surface area contributed by atoms with E-state index in [1.165, 1.54) is 11.3 Å². The summed E-state index contributed by atoms with van der Waals surface area (Å²) < 4.78 is 13.9. The molecule has 0 bridgehead atoms. The van der Waals surface area contributed by atoms with E-state index < -0.39 is 0 Å². The SMILES string of the molecule is CCN(Cc1cc(C)c(OCc2ccc(C)cc2)c(C)c1)C(=O)c1ccc(Cn2cc(-c3ccc(N(CC)CC)cc3)nn2)o1. The number of carbonyl (C=O) groups excluding carboxylic acids is 1. The van der Waals surface area contributed by atoms with Gasteiger partial charge in [-0.2, -0.15) is 0 Å². The van der Waals surface area contributed by atoms with Gasteiger partial charge in [0.1, 0.15) is 30.4 Å². The summed E-state index contributed by atoms with van der Waals surface area (Å²) in [6.07, 6.45) is 1.90. The van der Waals surface area contributed by atoms with Gasteiger partial charge in [0, 0.05) is 37.4 Å². The molecule has 0 saturated carbocycles. The van der Waals surface area contributed by atoms with Crippen LogP contribution in [0, 0.1) is 20.8 Å². The third-order valence-electron chi connectivity index (χ3n) is 8.09. The first-order valence-electron chi connectivity index (χ1n) is 15.7. The smallest absolute Gasteiger partial charge is 0.289 e. The van der Waals surface area contributed by atoms with E-state index in [0.717, 1.165) is 52.4 Å². The van der Waals surface area contributed by atoms with Gasteiger partial charge in [0.2, 0.25) is 0 Å². The van der Waals surface area contributed by atoms with Crippen LogP contribution in [0.15, 0.2) is 83.4 Å². The highest BCUT2D eigenvalue weighted by molar-refractivity contribution is 5.91. The highest BCUT2D eigenvalue weighted by Crippen LogP contribution is 2.27. The fourth-order valence-electron chi connectivity index (χ4n) is 5.58. The second kappa shape index (κ2) is 14.3. The van der Waals surface area contributed by atoms with E-state index in [-0.39, 0.29) is 5.91 Å². The minimum absolute atomic E-state index is 0.147. The largest absolute Gasteiger partial charge is 0.488 e. The number of aryl methyl sites for hydroxylation is 3. The van der Waals surface area contributed by atoms with Gasteiger partial charge in [-0.05, 0) is 88.1 Å². The zero-order valence-corrected chi connectivity index (χ0v) is 27.2. The topological polar surface area (TPSA) is 76.6 Å². The Morgan fingerprint density at radius 2 is 1.53 bits per heavy atom. The zero-order chi connectivity index (χ0) is 31.9. The number of aromatic nitrogens is 3. The molecule has 5 rings (SSSR count). The van der Waals surface area contributed by atoms with Crippen molar-refractivity contribution in [2.24, 2.45) is 0 Å². The number of ether oxygens (including phenoxy) is 1. The Balaban J connectivity index is 1.20. The minimum Gasteiger partial charge on any atom is -0.488 e. The van der Waals surface area contributed by atoms with Gasteiger partial charge in [-0.3, -0.25) is 4.79 Å². The van der Waals surface area contributed by atoms with Crippen LogP contribution in [0.4, 0.5) is 5.69 Å². The molecule has 0 aliphatic carbocycles. The first-order valence-corrected chi connectivity index (χ1v) is 15.7. The first-order chi connectivity index (χ1) is 21.8. The lowest BCUT2D eigenvalue weighted by molar-refractivity contribution is 0.0718. The maximum atomic E-state index is 13.4. The summed E-state index contributed by atoms with van der Waals surface area (Å²) in [6, 6.07) is 24.5. The number of rotatable bonds is 13. The minimum atomic E-state index is -0.147. The fraction of sp³-hybridized carbons (Fsp3) is 0.324. The van der Waals surface area contributed by atoms with Gasteiger partial charge >= 0.3 is 0 Å². The average molecular weight is 606 g/mol. The molecule has 45 heavy (non-hydrogen) atoms. The molecular formula is C37H43N5O3. The lowest BCUT2D eigenvalue weighted by Crippen LogP contribution is -2.30. The van der Waals surface area contributed by atoms with Crippen molar-refractivity contribution in [3.63, 3.8) is 0 Å². The molecule has 0 aliphatic heterocycles. The van der Waals surface area contributed by atoms with Crippen molar-refractivity contribution in [3.05, 3.63) is 118 Å². The number of furan rings is 1. The van der Waals surface area contributed by atoms with E-state index in [2.05, 4.69) is 110 Å². The van der Waals surface area contributed by atoms with Crippen molar-refractivity contribution >= 4 is 11.6 Å². The van der Waals surface area contributed by atoms with Crippen LogP contribution in [0.25, 0.3) is 11.3 Å². The molecule has 2 aromatic heterocycles. The van der Waals surface area contributed by atoms with Gasteiger partial charge in [0.25, 0.3) is 5.91 Å². The van der Waals surface area contributed by atoms with Crippen LogP contribution < -0.4 is 9.64 Å². The molecule has 0 unspecified atom stereocenters. The molecule has 0 radical (unpaired) electrons. The zero-order valence-electron chi connectivity index (χ0n) is 27.2. The van der Waals surface area contributed by atoms with Crippen LogP contribution in [-0.4, -0.2) is 45.4 Å². The molecule has 2 heterocycles. The molecule has 0 saturated heterocycles. The van der Waals surface area contributed by atoms with Crippen molar-refractivity contribution in [1.29, 1.82) is 0 Å². The number of carbonyl (C=O) groups is 1. The Kier molecular flexibility index (Phi) is 10.0. The average Bonchev–Trinajstić information content (AvgIpc) is 3.71. The lowest BCUT2D eigenvalue weighted by Gasteiger charge is -2.21. The lowest BCUT2D eigenvalue weighted by atomic mass is 10.0. The third-order valence-corrected chi connectivity index (χ3v) is 8.09. The molecule has 8 heteroatoms. The normalized spacial score (nSPS) is 11.1. The number of benzene rings is 3. The predicted molar refractivity (Wildman–Crippen MR) is 179 cm³/mol. The molecule has 0 N–H and O–H groups in total. The van der Waals surface area contributed by atoms with Crippen LogP contribution >= 0.6 is 0 Å². The monoisotopic (exact) mass is 605 g/mol. The molecule has 5 aromatic rings. The molecule has 0 fully saturated rings. The summed E-state index contributed by atoms with van der Waals surface area (Å²) in [5, 5.41) is 8.64. The van der Waals surface area contributed by atoms with E-state index in [1.807, 2.05) is 19.2 Å². The summed E-state index contributed by atoms with van der Waals surface area (Å²) in [6.45, 7) is 16.3. The van der Waals surface area contributed by atoms with Gasteiger partial charge in [-0.15, -0.1) is 5.10 Å². The molecule has 0 spiro atoms. The quantitative estimate of drug-likeness (QED) is 0.138. The van der Waals surface area contributed by atoms with Crippen molar-refractivity contribution in [2.75, 3.05) is 24.5 Å². The second-order valence-corrected chi connectivity index (χ2v) is 11.4. The summed E-state index contributed by atoms with van der Waals surface area (Å²) in [4.78, 5) is 17.5. The van der Waals surface area contributed by atoms with Crippen molar-refractivity contribution in [3.8, 4) is 17.0 Å². The van der Waals surface area contributed by atoms with Crippen LogP contribution in [0.1, 0.15) is 64.9 Å². The third kappa shape index (κ3) is 7.63. The van der Waals surface area contributed by atoms with Crippen molar-refractivity contribution in [2.45, 2.75) is 61.2 Å². The van der Waals surface area contributed by atoms with E-state index in [0.29, 0.717) is 37.8 Å². The molecule has 3 aromatic carbocycles. The number of amides is 1. The highest BCUT2D eigenvalue weighted by Gasteiger charge is 2.20. The van der Waals surface area contributed by atoms with Gasteiger partial charge < -0.3 is 19.0 Å². The maximum absolute atomic E-state index is 13.4. The Morgan fingerprint density at radius 3 is 2.18 bits per heavy atom. The second-order valence-electron chi connectivity index (χ2n) is 11.4. The molecule has 1 amide bonds. The van der Waals surface area contributed by atoms with Gasteiger partial charge in [0.15, 0.2) is 5.76 Å². The summed E-state index contributed by atoms with van der Waals surface area (Å²) in [5.41, 5.74) is 8.49. The Morgan fingerprint density at radius 1 is 0.844 bits per heavy atom. The maximum Gasteiger partial charge on any atom is 0.289 e. The van der Waals surface area contributed by atoms with E-state index >= 15 is 0 Å². The number of anilines is 1. The van der Waals surface area contributed by atoms with E-state index in [9.17, 15) is 4.79 Å². The van der Waals surface area contributed by atoms with Crippen LogP contribution in [0.2, 0.25) is 0 Å². The van der Waals surface area contributed by atoms with Crippen LogP contribution in [0.5, 0.6) is 5.75 Å². The number of hydrogen-bond donors (Lipinski definition) is 0. The van der Waals surface area contributed by atoms with Gasteiger partial charge in [-0.1, -0.05) is 59.3 Å². The van der Waals surface area contributed by atoms with Gasteiger partial charge in [-0.25, -0.2) is 4.68 Å². The Hall–Kier alpha value is -4.85. The Labute approximate surface area is 266 Å². The van der Waals surface area contributed by atoms with E-state index in [1.54, 1.807) is 15.6 Å². The molecule has 0 atom stereocenters. The molecule has 8 nitrogen and oxygen atoms in total.